The number of aliphatic hydroxyl groups excluding tert-OH is 1. The first-order chi connectivity index (χ1) is 13.0. The van der Waals surface area contributed by atoms with E-state index in [4.69, 9.17) is 0 Å². The molecule has 1 fully saturated rings. The Kier molecular flexibility index (Phi) is 6.65. The number of alkyl halides is 3. The number of carbonyl (C=O) groups excluding carboxylic acids is 3. The van der Waals surface area contributed by atoms with Gasteiger partial charge in [-0.3, -0.25) is 9.59 Å². The van der Waals surface area contributed by atoms with Gasteiger partial charge in [0.25, 0.3) is 0 Å². The molecule has 28 heavy (non-hydrogen) atoms. The zero-order valence-electron chi connectivity index (χ0n) is 15.3. The molecule has 0 bridgehead atoms. The number of aliphatic hydroxyl groups is 1. The first-order valence-electron chi connectivity index (χ1n) is 8.52. The number of rotatable bonds is 5. The van der Waals surface area contributed by atoms with Crippen LogP contribution in [0.2, 0.25) is 0 Å². The number of benzene rings is 1. The maximum absolute atomic E-state index is 12.9. The van der Waals surface area contributed by atoms with Gasteiger partial charge in [-0.25, -0.2) is 4.79 Å². The topological polar surface area (TPSA) is 95.9 Å². The summed E-state index contributed by atoms with van der Waals surface area (Å²) in [4.78, 5) is 37.4. The Bertz CT molecular complexity index is 753. The summed E-state index contributed by atoms with van der Waals surface area (Å²) in [5.41, 5.74) is -0.693. The van der Waals surface area contributed by atoms with Crippen molar-refractivity contribution in [1.82, 2.24) is 10.2 Å². The molecule has 2 rings (SSSR count). The third-order valence-electron chi connectivity index (χ3n) is 4.48. The lowest BCUT2D eigenvalue weighted by Gasteiger charge is -2.24. The first kappa shape index (κ1) is 21.7. The van der Waals surface area contributed by atoms with Crippen LogP contribution >= 0.6 is 0 Å². The lowest BCUT2D eigenvalue weighted by Crippen LogP contribution is -2.51. The number of halogens is 3. The van der Waals surface area contributed by atoms with E-state index in [-0.39, 0.29) is 24.9 Å². The summed E-state index contributed by atoms with van der Waals surface area (Å²) in [5.74, 6) is -1.93. The first-order valence-corrected chi connectivity index (χ1v) is 8.52. The average molecular weight is 402 g/mol. The van der Waals surface area contributed by atoms with Gasteiger partial charge in [-0.05, 0) is 11.6 Å². The van der Waals surface area contributed by atoms with E-state index in [9.17, 15) is 32.7 Å². The molecule has 0 aromatic heterocycles. The number of amides is 2. The van der Waals surface area contributed by atoms with E-state index in [1.807, 2.05) is 0 Å². The number of esters is 1. The highest BCUT2D eigenvalue weighted by Crippen LogP contribution is 2.29. The molecule has 1 saturated heterocycles. The fourth-order valence-electron chi connectivity index (χ4n) is 3.12. The normalized spacial score (nSPS) is 20.6. The molecule has 154 valence electrons. The molecule has 0 unspecified atom stereocenters. The summed E-state index contributed by atoms with van der Waals surface area (Å²) in [7, 11) is 1.09. The second-order valence-corrected chi connectivity index (χ2v) is 6.56. The molecule has 1 heterocycles. The highest BCUT2D eigenvalue weighted by molar-refractivity contribution is 5.91. The Hall–Kier alpha value is -2.62. The Morgan fingerprint density at radius 3 is 2.61 bits per heavy atom. The van der Waals surface area contributed by atoms with Gasteiger partial charge in [0, 0.05) is 26.3 Å². The van der Waals surface area contributed by atoms with Crippen LogP contribution in [0.4, 0.5) is 13.2 Å². The largest absolute Gasteiger partial charge is 0.467 e. The van der Waals surface area contributed by atoms with E-state index in [0.717, 1.165) is 19.2 Å². The minimum atomic E-state index is -4.54. The summed E-state index contributed by atoms with van der Waals surface area (Å²) < 4.78 is 43.3. The molecule has 3 atom stereocenters. The Morgan fingerprint density at radius 1 is 1.36 bits per heavy atom. The van der Waals surface area contributed by atoms with Crippen molar-refractivity contribution in [2.45, 2.75) is 44.1 Å². The molecular formula is C18H21F3N2O5. The quantitative estimate of drug-likeness (QED) is 0.714. The van der Waals surface area contributed by atoms with Gasteiger partial charge in [-0.1, -0.05) is 18.2 Å². The molecule has 0 saturated carbocycles. The molecule has 1 aliphatic rings. The Balaban J connectivity index is 2.17. The molecule has 0 aliphatic carbocycles. The molecule has 1 aliphatic heterocycles. The smallest absolute Gasteiger partial charge is 0.416 e. The second-order valence-electron chi connectivity index (χ2n) is 6.56. The molecule has 0 spiro atoms. The number of β-amino-alcohol motifs (C(OH)–C–C–N with tert-alkyl or cyclic N) is 1. The van der Waals surface area contributed by atoms with E-state index in [1.165, 1.54) is 24.0 Å². The Morgan fingerprint density at radius 2 is 2.04 bits per heavy atom. The van der Waals surface area contributed by atoms with Crippen molar-refractivity contribution in [3.63, 3.8) is 0 Å². The van der Waals surface area contributed by atoms with Crippen LogP contribution in [0.15, 0.2) is 24.3 Å². The van der Waals surface area contributed by atoms with Crippen molar-refractivity contribution < 1.29 is 37.4 Å². The van der Waals surface area contributed by atoms with Gasteiger partial charge in [0.05, 0.1) is 18.8 Å². The Labute approximate surface area is 159 Å². The van der Waals surface area contributed by atoms with Gasteiger partial charge >= 0.3 is 12.1 Å². The van der Waals surface area contributed by atoms with Crippen LogP contribution in [0.1, 0.15) is 24.5 Å². The third kappa shape index (κ3) is 5.22. The molecule has 1 aromatic rings. The minimum Gasteiger partial charge on any atom is -0.467 e. The van der Waals surface area contributed by atoms with Crippen LogP contribution in [-0.2, 0) is 31.7 Å². The van der Waals surface area contributed by atoms with Crippen LogP contribution in [0, 0.1) is 0 Å². The van der Waals surface area contributed by atoms with Gasteiger partial charge in [-0.15, -0.1) is 0 Å². The van der Waals surface area contributed by atoms with Crippen molar-refractivity contribution in [1.29, 1.82) is 0 Å². The van der Waals surface area contributed by atoms with Gasteiger partial charge in [-0.2, -0.15) is 13.2 Å². The van der Waals surface area contributed by atoms with E-state index in [2.05, 4.69) is 10.1 Å². The van der Waals surface area contributed by atoms with Crippen molar-refractivity contribution in [3.05, 3.63) is 35.4 Å². The second kappa shape index (κ2) is 8.59. The predicted octanol–water partition coefficient (Wildman–Crippen LogP) is 0.887. The van der Waals surface area contributed by atoms with Crippen molar-refractivity contribution >= 4 is 17.8 Å². The monoisotopic (exact) mass is 402 g/mol. The molecule has 2 N–H and O–H groups in total. The van der Waals surface area contributed by atoms with Crippen LogP contribution in [0.5, 0.6) is 0 Å². The van der Waals surface area contributed by atoms with Crippen LogP contribution < -0.4 is 5.32 Å². The molecule has 2 amide bonds. The summed E-state index contributed by atoms with van der Waals surface area (Å²) in [6.07, 6.45) is -5.64. The maximum Gasteiger partial charge on any atom is 0.416 e. The number of hydrogen-bond donors (Lipinski definition) is 2. The number of ether oxygens (including phenoxy) is 1. The summed E-state index contributed by atoms with van der Waals surface area (Å²) >= 11 is 0. The SMILES string of the molecule is COC(=O)[C@H](Cc1cccc(C(F)(F)F)c1)NC(=O)[C@@H]1C[C@@H](O)CN1C(C)=O. The number of carbonyl (C=O) groups is 3. The minimum absolute atomic E-state index is 0.00284. The lowest BCUT2D eigenvalue weighted by molar-refractivity contribution is -0.146. The molecular weight excluding hydrogens is 381 g/mol. The number of nitrogens with one attached hydrogen (secondary N) is 1. The highest BCUT2D eigenvalue weighted by atomic mass is 19.4. The number of likely N-dealkylation sites (tertiary alicyclic amines) is 1. The summed E-state index contributed by atoms with van der Waals surface area (Å²) in [5, 5.41) is 12.1. The van der Waals surface area contributed by atoms with E-state index < -0.39 is 47.7 Å². The fourth-order valence-corrected chi connectivity index (χ4v) is 3.12. The van der Waals surface area contributed by atoms with E-state index >= 15 is 0 Å². The molecule has 1 aromatic carbocycles. The fraction of sp³-hybridized carbons (Fsp3) is 0.500. The zero-order valence-corrected chi connectivity index (χ0v) is 15.3. The van der Waals surface area contributed by atoms with Crippen LogP contribution in [0.25, 0.3) is 0 Å². The molecule has 7 nitrogen and oxygen atoms in total. The third-order valence-corrected chi connectivity index (χ3v) is 4.48. The van der Waals surface area contributed by atoms with Crippen molar-refractivity contribution in [3.8, 4) is 0 Å². The average Bonchev–Trinajstić information content (AvgIpc) is 3.02. The number of methoxy groups -OCH3 is 1. The lowest BCUT2D eigenvalue weighted by atomic mass is 10.0. The van der Waals surface area contributed by atoms with E-state index in [0.29, 0.717) is 0 Å². The highest BCUT2D eigenvalue weighted by Gasteiger charge is 2.39. The van der Waals surface area contributed by atoms with Gasteiger partial charge in [0.15, 0.2) is 0 Å². The maximum atomic E-state index is 12.9. The molecule has 10 heteroatoms. The molecule has 0 radical (unpaired) electrons. The summed E-state index contributed by atoms with van der Waals surface area (Å²) in [6, 6.07) is 2.19. The van der Waals surface area contributed by atoms with Crippen molar-refractivity contribution in [2.24, 2.45) is 0 Å². The number of nitrogens with zero attached hydrogens (tertiary/aromatic N) is 1. The standard InChI is InChI=1S/C18H21F3N2O5/c1-10(24)23-9-13(25)8-15(23)16(26)22-14(17(27)28-2)7-11-4-3-5-12(6-11)18(19,20)21/h3-6,13-15,25H,7-9H2,1-2H3,(H,22,26)/t13-,14+,15+/m1/s1. The van der Waals surface area contributed by atoms with E-state index in [1.54, 1.807) is 0 Å². The summed E-state index contributed by atoms with van der Waals surface area (Å²) in [6.45, 7) is 1.24. The zero-order chi connectivity index (χ0) is 21.1. The number of hydrogen-bond acceptors (Lipinski definition) is 5. The van der Waals surface area contributed by atoms with Gasteiger partial charge in [0.1, 0.15) is 12.1 Å². The van der Waals surface area contributed by atoms with Gasteiger partial charge in [0.2, 0.25) is 11.8 Å². The van der Waals surface area contributed by atoms with Crippen LogP contribution in [-0.4, -0.2) is 59.6 Å². The predicted molar refractivity (Wildman–Crippen MR) is 90.9 cm³/mol. The van der Waals surface area contributed by atoms with Gasteiger partial charge < -0.3 is 20.1 Å². The van der Waals surface area contributed by atoms with Crippen molar-refractivity contribution in [2.75, 3.05) is 13.7 Å². The van der Waals surface area contributed by atoms with Crippen LogP contribution in [0.3, 0.4) is 0 Å².